The molecule has 0 bridgehead atoms. The van der Waals surface area contributed by atoms with Gasteiger partial charge in [-0.2, -0.15) is 8.42 Å². The third-order valence-electron chi connectivity index (χ3n) is 11.5. The van der Waals surface area contributed by atoms with Gasteiger partial charge in [-0.05, 0) is 64.2 Å². The van der Waals surface area contributed by atoms with E-state index in [4.69, 9.17) is 18.9 Å². The lowest BCUT2D eigenvalue weighted by Gasteiger charge is -2.40. The van der Waals surface area contributed by atoms with Gasteiger partial charge >= 0.3 is 11.9 Å². The molecule has 364 valence electrons. The van der Waals surface area contributed by atoms with E-state index in [1.54, 1.807) is 0 Å². The van der Waals surface area contributed by atoms with E-state index in [1.807, 2.05) is 0 Å². The van der Waals surface area contributed by atoms with E-state index in [2.05, 4.69) is 38.2 Å². The normalized spacial score (nSPS) is 20.0. The van der Waals surface area contributed by atoms with Crippen LogP contribution in [-0.4, -0.2) is 96.0 Å². The molecule has 0 aromatic carbocycles. The Balaban J connectivity index is 2.39. The Morgan fingerprint density at radius 3 is 1.35 bits per heavy atom. The molecule has 0 aromatic heterocycles. The molecule has 1 rings (SSSR count). The largest absolute Gasteiger partial charge is 0.462 e. The summed E-state index contributed by atoms with van der Waals surface area (Å²) < 4.78 is 54.2. The van der Waals surface area contributed by atoms with Crippen molar-refractivity contribution in [2.24, 2.45) is 0 Å². The molecule has 1 fully saturated rings. The van der Waals surface area contributed by atoms with Crippen LogP contribution in [0.1, 0.15) is 219 Å². The van der Waals surface area contributed by atoms with E-state index in [1.165, 1.54) is 135 Å². The molecule has 1 aliphatic rings. The summed E-state index contributed by atoms with van der Waals surface area (Å²) in [6.45, 7) is 3.76. The Morgan fingerprint density at radius 1 is 0.532 bits per heavy atom. The second kappa shape index (κ2) is 39.5. The van der Waals surface area contributed by atoms with Crippen LogP contribution in [-0.2, 0) is 38.7 Å². The lowest BCUT2D eigenvalue weighted by atomic mass is 10.00. The van der Waals surface area contributed by atoms with Gasteiger partial charge in [0.05, 0.1) is 6.61 Å². The number of unbranched alkanes of at least 4 members (excludes halogenated alkanes) is 26. The van der Waals surface area contributed by atoms with Gasteiger partial charge in [-0.3, -0.25) is 14.1 Å². The zero-order valence-electron chi connectivity index (χ0n) is 39.0. The van der Waals surface area contributed by atoms with Crippen molar-refractivity contribution < 1.29 is 56.8 Å². The monoisotopic (exact) mass is 903 g/mol. The van der Waals surface area contributed by atoms with Gasteiger partial charge in [-0.1, -0.05) is 167 Å². The highest BCUT2D eigenvalue weighted by atomic mass is 32.2. The van der Waals surface area contributed by atoms with Gasteiger partial charge in [-0.15, -0.1) is 0 Å². The maximum absolute atomic E-state index is 12.8. The van der Waals surface area contributed by atoms with Crippen LogP contribution < -0.4 is 0 Å². The van der Waals surface area contributed by atoms with Crippen LogP contribution in [0.25, 0.3) is 0 Å². The smallest absolute Gasteiger partial charge is 0.306 e. The van der Waals surface area contributed by atoms with Crippen LogP contribution in [0.15, 0.2) is 24.3 Å². The number of esters is 2. The summed E-state index contributed by atoms with van der Waals surface area (Å²) >= 11 is 0. The van der Waals surface area contributed by atoms with Gasteiger partial charge in [-0.25, -0.2) is 0 Å². The number of rotatable bonds is 42. The third-order valence-corrected chi connectivity index (χ3v) is 12.3. The van der Waals surface area contributed by atoms with E-state index < -0.39 is 71.2 Å². The summed E-state index contributed by atoms with van der Waals surface area (Å²) in [6, 6.07) is 0. The number of allylic oxidation sites excluding steroid dienone is 4. The first-order valence-electron chi connectivity index (χ1n) is 24.9. The number of hydrogen-bond acceptors (Lipinski definition) is 11. The molecule has 1 heterocycles. The predicted octanol–water partition coefficient (Wildman–Crippen LogP) is 10.8. The van der Waals surface area contributed by atoms with E-state index in [0.717, 1.165) is 44.9 Å². The van der Waals surface area contributed by atoms with Gasteiger partial charge in [0.15, 0.2) is 12.4 Å². The van der Waals surface area contributed by atoms with Crippen molar-refractivity contribution in [3.63, 3.8) is 0 Å². The van der Waals surface area contributed by atoms with Crippen molar-refractivity contribution in [2.45, 2.75) is 256 Å². The molecular weight excluding hydrogens is 813 g/mol. The number of carbonyl (C=O) groups excluding carboxylic acids is 2. The minimum Gasteiger partial charge on any atom is -0.462 e. The first-order chi connectivity index (χ1) is 30.0. The molecule has 12 nitrogen and oxygen atoms in total. The van der Waals surface area contributed by atoms with Crippen LogP contribution in [0, 0.1) is 0 Å². The van der Waals surface area contributed by atoms with Crippen molar-refractivity contribution in [2.75, 3.05) is 19.0 Å². The number of hydrogen-bond donors (Lipinski definition) is 4. The molecule has 0 aliphatic carbocycles. The van der Waals surface area contributed by atoms with Crippen LogP contribution in [0.5, 0.6) is 0 Å². The van der Waals surface area contributed by atoms with Gasteiger partial charge in [0.1, 0.15) is 36.8 Å². The van der Waals surface area contributed by atoms with Gasteiger partial charge in [0, 0.05) is 12.8 Å². The zero-order valence-corrected chi connectivity index (χ0v) is 39.8. The highest BCUT2D eigenvalue weighted by Gasteiger charge is 2.46. The Morgan fingerprint density at radius 2 is 0.919 bits per heavy atom. The summed E-state index contributed by atoms with van der Waals surface area (Å²) in [7, 11) is -4.60. The van der Waals surface area contributed by atoms with Gasteiger partial charge in [0.2, 0.25) is 0 Å². The summed E-state index contributed by atoms with van der Waals surface area (Å²) in [5, 5.41) is 30.9. The van der Waals surface area contributed by atoms with Crippen LogP contribution in [0.4, 0.5) is 0 Å². The molecule has 0 radical (unpaired) electrons. The van der Waals surface area contributed by atoms with Crippen molar-refractivity contribution >= 4 is 22.1 Å². The van der Waals surface area contributed by atoms with Crippen molar-refractivity contribution in [3.8, 4) is 0 Å². The number of aliphatic hydroxyl groups excluding tert-OH is 3. The summed E-state index contributed by atoms with van der Waals surface area (Å²) in [5.74, 6) is -2.00. The van der Waals surface area contributed by atoms with Crippen molar-refractivity contribution in [1.29, 1.82) is 0 Å². The van der Waals surface area contributed by atoms with E-state index >= 15 is 0 Å². The highest BCUT2D eigenvalue weighted by molar-refractivity contribution is 7.85. The fraction of sp³-hybridized carbons (Fsp3) is 0.878. The zero-order chi connectivity index (χ0) is 45.5. The molecule has 0 spiro atoms. The van der Waals surface area contributed by atoms with Crippen LogP contribution in [0.3, 0.4) is 0 Å². The average Bonchev–Trinajstić information content (AvgIpc) is 3.24. The van der Waals surface area contributed by atoms with Gasteiger partial charge in [0.25, 0.3) is 10.1 Å². The Bertz CT molecular complexity index is 1240. The van der Waals surface area contributed by atoms with Crippen LogP contribution in [0.2, 0.25) is 0 Å². The lowest BCUT2D eigenvalue weighted by molar-refractivity contribution is -0.297. The standard InChI is InChI=1S/C49H90O12S/c1-3-5-7-9-11-13-15-17-19-20-21-22-24-25-27-29-31-33-35-37-44(50)58-39-42(40-59-49-48(54)47(53)46(52)43(61-49)41-62(55,56)57)60-45(51)38-36-34-32-30-28-26-23-18-16-14-12-10-8-6-4-2/h17,19,26,28,42-43,46-49,52-54H,3-16,18,20-25,27,29-41H2,1-2H3,(H,55,56,57)/b19-17+,28-26+/t42-,43-,46-,47?,48?,49+/m1/s1. The molecule has 1 aliphatic heterocycles. The maximum Gasteiger partial charge on any atom is 0.306 e. The van der Waals surface area contributed by atoms with Crippen molar-refractivity contribution in [3.05, 3.63) is 24.3 Å². The third kappa shape index (κ3) is 33.6. The first kappa shape index (κ1) is 58.1. The predicted molar refractivity (Wildman–Crippen MR) is 247 cm³/mol. The summed E-state index contributed by atoms with van der Waals surface area (Å²) in [4.78, 5) is 25.5. The molecule has 13 heteroatoms. The molecule has 62 heavy (non-hydrogen) atoms. The SMILES string of the molecule is CCCCCCCC/C=C/CCCCCCCCCCCC(=O)OC[C@H](CO[C@H]1O[C@H](CS(=O)(=O)O)[C@@H](O)C(O)C1O)OC(=O)CCCCC/C=C/CCCCCCCCCC. The minimum atomic E-state index is -4.60. The molecule has 4 N–H and O–H groups in total. The molecule has 1 saturated heterocycles. The van der Waals surface area contributed by atoms with Crippen molar-refractivity contribution in [1.82, 2.24) is 0 Å². The number of carbonyl (C=O) groups is 2. The molecule has 6 atom stereocenters. The fourth-order valence-corrected chi connectivity index (χ4v) is 8.30. The topological polar surface area (TPSA) is 186 Å². The maximum atomic E-state index is 12.8. The summed E-state index contributed by atoms with van der Waals surface area (Å²) in [6.07, 6.45) is 35.0. The van der Waals surface area contributed by atoms with E-state index in [-0.39, 0.29) is 19.4 Å². The highest BCUT2D eigenvalue weighted by Crippen LogP contribution is 2.24. The molecule has 0 amide bonds. The minimum absolute atomic E-state index is 0.146. The molecular formula is C49H90O12S. The Kier molecular flexibility index (Phi) is 37.0. The Labute approximate surface area is 377 Å². The van der Waals surface area contributed by atoms with Crippen LogP contribution >= 0.6 is 0 Å². The van der Waals surface area contributed by atoms with Gasteiger partial charge < -0.3 is 34.3 Å². The van der Waals surface area contributed by atoms with E-state index in [9.17, 15) is 37.9 Å². The molecule has 0 aromatic rings. The lowest BCUT2D eigenvalue weighted by Crippen LogP contribution is -2.60. The first-order valence-corrected chi connectivity index (χ1v) is 26.5. The second-order valence-electron chi connectivity index (χ2n) is 17.5. The number of aliphatic hydroxyl groups is 3. The number of ether oxygens (including phenoxy) is 4. The fourth-order valence-electron chi connectivity index (χ4n) is 7.61. The molecule has 2 unspecified atom stereocenters. The quantitative estimate of drug-likeness (QED) is 0.0197. The second-order valence-corrected chi connectivity index (χ2v) is 19.0. The Hall–Kier alpha value is -1.87. The molecule has 0 saturated carbocycles. The summed E-state index contributed by atoms with van der Waals surface area (Å²) in [5.41, 5.74) is 0. The average molecular weight is 903 g/mol. The van der Waals surface area contributed by atoms with E-state index in [0.29, 0.717) is 12.8 Å².